The smallest absolute Gasteiger partial charge is 0.0411 e. The molecule has 0 aromatic carbocycles. The van der Waals surface area contributed by atoms with Gasteiger partial charge in [-0.2, -0.15) is 0 Å². The minimum absolute atomic E-state index is 1.12. The van der Waals surface area contributed by atoms with Crippen LogP contribution in [-0.2, 0) is 6.42 Å². The summed E-state index contributed by atoms with van der Waals surface area (Å²) < 4.78 is 0. The largest absolute Gasteiger partial charge is 0.369 e. The molecule has 1 aliphatic heterocycles. The fourth-order valence-electron chi connectivity index (χ4n) is 2.42. The standard InChI is InChI=1S/C12H16N2S/c1-2-11(14-7-5-13-6-8-14)10-4-9-15-12(10)3-1/h2,4,9,13H,1,3,5-8H2. The van der Waals surface area contributed by atoms with E-state index in [9.17, 15) is 0 Å². The molecule has 2 aliphatic rings. The number of nitrogens with zero attached hydrogens (tertiary/aromatic N) is 1. The summed E-state index contributed by atoms with van der Waals surface area (Å²) in [5, 5.41) is 5.63. The number of allylic oxidation sites excluding steroid dienone is 1. The Hall–Kier alpha value is -0.800. The highest BCUT2D eigenvalue weighted by Gasteiger charge is 2.20. The van der Waals surface area contributed by atoms with Crippen molar-refractivity contribution in [2.45, 2.75) is 12.8 Å². The maximum atomic E-state index is 3.41. The second-order valence-electron chi connectivity index (χ2n) is 4.12. The second-order valence-corrected chi connectivity index (χ2v) is 5.12. The van der Waals surface area contributed by atoms with Crippen LogP contribution in [0, 0.1) is 0 Å². The van der Waals surface area contributed by atoms with Crippen LogP contribution in [-0.4, -0.2) is 31.1 Å². The van der Waals surface area contributed by atoms with Gasteiger partial charge in [-0.25, -0.2) is 0 Å². The number of piperazine rings is 1. The molecular formula is C12H16N2S. The van der Waals surface area contributed by atoms with E-state index in [1.807, 2.05) is 11.3 Å². The Bertz CT molecular complexity index is 375. The van der Waals surface area contributed by atoms with Gasteiger partial charge in [0.05, 0.1) is 0 Å². The maximum absolute atomic E-state index is 3.41. The van der Waals surface area contributed by atoms with Crippen LogP contribution in [0.3, 0.4) is 0 Å². The highest BCUT2D eigenvalue weighted by molar-refractivity contribution is 7.10. The van der Waals surface area contributed by atoms with Gasteiger partial charge in [-0.1, -0.05) is 6.08 Å². The van der Waals surface area contributed by atoms with Crippen molar-refractivity contribution in [1.82, 2.24) is 10.2 Å². The van der Waals surface area contributed by atoms with E-state index in [1.54, 1.807) is 4.88 Å². The fourth-order valence-corrected chi connectivity index (χ4v) is 3.32. The van der Waals surface area contributed by atoms with E-state index in [-0.39, 0.29) is 0 Å². The van der Waals surface area contributed by atoms with Gasteiger partial charge in [0.2, 0.25) is 0 Å². The lowest BCUT2D eigenvalue weighted by Crippen LogP contribution is -2.42. The van der Waals surface area contributed by atoms with Crippen LogP contribution in [0.15, 0.2) is 17.5 Å². The summed E-state index contributed by atoms with van der Waals surface area (Å²) in [6.45, 7) is 4.55. The van der Waals surface area contributed by atoms with Gasteiger partial charge in [0, 0.05) is 42.3 Å². The zero-order chi connectivity index (χ0) is 10.1. The zero-order valence-corrected chi connectivity index (χ0v) is 9.65. The lowest BCUT2D eigenvalue weighted by atomic mass is 10.0. The third-order valence-electron chi connectivity index (χ3n) is 3.19. The first-order valence-corrected chi connectivity index (χ1v) is 6.56. The summed E-state index contributed by atoms with van der Waals surface area (Å²) >= 11 is 1.91. The molecule has 1 saturated heterocycles. The molecule has 0 amide bonds. The van der Waals surface area contributed by atoms with Crippen molar-refractivity contribution < 1.29 is 0 Å². The van der Waals surface area contributed by atoms with Crippen LogP contribution in [0.1, 0.15) is 16.9 Å². The quantitative estimate of drug-likeness (QED) is 0.778. The Morgan fingerprint density at radius 3 is 3.00 bits per heavy atom. The van der Waals surface area contributed by atoms with Crippen LogP contribution < -0.4 is 5.32 Å². The van der Waals surface area contributed by atoms with Crippen LogP contribution in [0.25, 0.3) is 5.70 Å². The molecule has 0 radical (unpaired) electrons. The van der Waals surface area contributed by atoms with Crippen molar-refractivity contribution in [3.8, 4) is 0 Å². The van der Waals surface area contributed by atoms with E-state index in [2.05, 4.69) is 27.7 Å². The van der Waals surface area contributed by atoms with Gasteiger partial charge in [-0.05, 0) is 24.3 Å². The number of hydrogen-bond donors (Lipinski definition) is 1. The first-order chi connectivity index (χ1) is 7.45. The second kappa shape index (κ2) is 3.99. The van der Waals surface area contributed by atoms with E-state index in [4.69, 9.17) is 0 Å². The molecule has 1 N–H and O–H groups in total. The minimum Gasteiger partial charge on any atom is -0.369 e. The maximum Gasteiger partial charge on any atom is 0.0411 e. The van der Waals surface area contributed by atoms with Gasteiger partial charge in [0.1, 0.15) is 0 Å². The number of fused-ring (bicyclic) bond motifs is 1. The highest BCUT2D eigenvalue weighted by atomic mass is 32.1. The summed E-state index contributed by atoms with van der Waals surface area (Å²) in [5.74, 6) is 0. The van der Waals surface area contributed by atoms with Gasteiger partial charge in [0.15, 0.2) is 0 Å². The third-order valence-corrected chi connectivity index (χ3v) is 4.17. The third kappa shape index (κ3) is 1.70. The minimum atomic E-state index is 1.12. The normalized spacial score (nSPS) is 21.1. The lowest BCUT2D eigenvalue weighted by Gasteiger charge is -2.33. The lowest BCUT2D eigenvalue weighted by molar-refractivity contribution is 0.339. The van der Waals surface area contributed by atoms with Crippen molar-refractivity contribution >= 4 is 17.0 Å². The molecule has 3 rings (SSSR count). The first kappa shape index (κ1) is 9.43. The van der Waals surface area contributed by atoms with Crippen LogP contribution in [0.4, 0.5) is 0 Å². The molecule has 2 nitrogen and oxygen atoms in total. The number of nitrogens with one attached hydrogen (secondary N) is 1. The Balaban J connectivity index is 1.89. The zero-order valence-electron chi connectivity index (χ0n) is 8.83. The number of thiophene rings is 1. The number of aryl methyl sites for hydroxylation is 1. The molecule has 0 bridgehead atoms. The summed E-state index contributed by atoms with van der Waals surface area (Å²) in [6, 6.07) is 2.28. The summed E-state index contributed by atoms with van der Waals surface area (Å²) in [4.78, 5) is 4.10. The number of hydrogen-bond acceptors (Lipinski definition) is 3. The van der Waals surface area contributed by atoms with Gasteiger partial charge < -0.3 is 10.2 Å². The van der Waals surface area contributed by atoms with E-state index in [0.717, 1.165) is 26.2 Å². The van der Waals surface area contributed by atoms with Crippen molar-refractivity contribution in [3.05, 3.63) is 28.0 Å². The number of rotatable bonds is 1. The van der Waals surface area contributed by atoms with Gasteiger partial charge in [0.25, 0.3) is 0 Å². The van der Waals surface area contributed by atoms with E-state index in [0.29, 0.717) is 0 Å². The molecule has 0 unspecified atom stereocenters. The van der Waals surface area contributed by atoms with E-state index < -0.39 is 0 Å². The van der Waals surface area contributed by atoms with Crippen molar-refractivity contribution in [1.29, 1.82) is 0 Å². The van der Waals surface area contributed by atoms with Gasteiger partial charge >= 0.3 is 0 Å². The molecule has 15 heavy (non-hydrogen) atoms. The molecule has 1 aromatic heterocycles. The molecule has 1 aliphatic carbocycles. The Labute approximate surface area is 94.6 Å². The highest BCUT2D eigenvalue weighted by Crippen LogP contribution is 2.32. The average molecular weight is 220 g/mol. The molecular weight excluding hydrogens is 204 g/mol. The Morgan fingerprint density at radius 2 is 2.13 bits per heavy atom. The molecule has 1 fully saturated rings. The molecule has 0 spiro atoms. The van der Waals surface area contributed by atoms with E-state index >= 15 is 0 Å². The van der Waals surface area contributed by atoms with Crippen molar-refractivity contribution in [2.75, 3.05) is 26.2 Å². The van der Waals surface area contributed by atoms with Gasteiger partial charge in [-0.3, -0.25) is 0 Å². The molecule has 3 heteroatoms. The fraction of sp³-hybridized carbons (Fsp3) is 0.500. The molecule has 2 heterocycles. The topological polar surface area (TPSA) is 15.3 Å². The average Bonchev–Trinajstić information content (AvgIpc) is 2.78. The Kier molecular flexibility index (Phi) is 2.51. The Morgan fingerprint density at radius 1 is 1.27 bits per heavy atom. The van der Waals surface area contributed by atoms with Crippen molar-refractivity contribution in [3.63, 3.8) is 0 Å². The predicted octanol–water partition coefficient (Wildman–Crippen LogP) is 1.94. The summed E-state index contributed by atoms with van der Waals surface area (Å²) in [6.07, 6.45) is 4.87. The first-order valence-electron chi connectivity index (χ1n) is 5.68. The van der Waals surface area contributed by atoms with Crippen LogP contribution in [0.2, 0.25) is 0 Å². The van der Waals surface area contributed by atoms with E-state index in [1.165, 1.54) is 24.1 Å². The molecule has 0 atom stereocenters. The summed E-state index contributed by atoms with van der Waals surface area (Å²) in [7, 11) is 0. The SMILES string of the molecule is C1=C(N2CCNCC2)c2ccsc2CC1. The predicted molar refractivity (Wildman–Crippen MR) is 65.1 cm³/mol. The van der Waals surface area contributed by atoms with Gasteiger partial charge in [-0.15, -0.1) is 11.3 Å². The summed E-state index contributed by atoms with van der Waals surface area (Å²) in [5.41, 5.74) is 2.98. The molecule has 0 saturated carbocycles. The van der Waals surface area contributed by atoms with Crippen molar-refractivity contribution in [2.24, 2.45) is 0 Å². The molecule has 1 aromatic rings. The van der Waals surface area contributed by atoms with Crippen LogP contribution >= 0.6 is 11.3 Å². The van der Waals surface area contributed by atoms with Crippen LogP contribution in [0.5, 0.6) is 0 Å². The molecule has 80 valence electrons. The monoisotopic (exact) mass is 220 g/mol.